The summed E-state index contributed by atoms with van der Waals surface area (Å²) in [5.41, 5.74) is 0. The Morgan fingerprint density at radius 2 is 2.00 bits per heavy atom. The summed E-state index contributed by atoms with van der Waals surface area (Å²) in [6, 6.07) is 0. The quantitative estimate of drug-likeness (QED) is 0.366. The van der Waals surface area contributed by atoms with Crippen LogP contribution >= 0.6 is 73.8 Å². The Balaban J connectivity index is 3.58. The molecule has 0 aliphatic rings. The molecule has 2 unspecified atom stereocenters. The number of alkyl halides is 3. The maximum atomic E-state index is 5.18. The van der Waals surface area contributed by atoms with Crippen molar-refractivity contribution < 1.29 is 3.07 Å². The van der Waals surface area contributed by atoms with Crippen molar-refractivity contribution in [2.24, 2.45) is 0 Å². The second-order valence-corrected chi connectivity index (χ2v) is 13.0. The van der Waals surface area contributed by atoms with Crippen LogP contribution in [0.15, 0.2) is 0 Å². The zero-order chi connectivity index (χ0) is 7.44. The van der Waals surface area contributed by atoms with Crippen LogP contribution < -0.4 is 0 Å². The Bertz CT molecular complexity index is 80.2. The van der Waals surface area contributed by atoms with Gasteiger partial charge in [0.15, 0.2) is 0 Å². The molecule has 0 saturated heterocycles. The van der Waals surface area contributed by atoms with Gasteiger partial charge in [0.1, 0.15) is 0 Å². The molecule has 0 fully saturated rings. The second-order valence-electron chi connectivity index (χ2n) is 1.42. The molecule has 1 nitrogen and oxygen atoms in total. The van der Waals surface area contributed by atoms with Gasteiger partial charge in [-0.2, -0.15) is 0 Å². The first-order chi connectivity index (χ1) is 4.09. The molecule has 0 spiro atoms. The SMILES string of the molecule is COI(S)C(I)C(C)I. The van der Waals surface area contributed by atoms with Crippen LogP contribution in [0.5, 0.6) is 0 Å². The van der Waals surface area contributed by atoms with E-state index in [2.05, 4.69) is 61.9 Å². The third-order valence-corrected chi connectivity index (χ3v) is 15.9. The van der Waals surface area contributed by atoms with E-state index in [0.717, 1.165) is 0 Å². The summed E-state index contributed by atoms with van der Waals surface area (Å²) in [5.74, 6) is 0. The van der Waals surface area contributed by atoms with E-state index in [4.69, 9.17) is 3.07 Å². The first-order valence-corrected chi connectivity index (χ1v) is 10.1. The van der Waals surface area contributed by atoms with E-state index in [1.54, 1.807) is 7.11 Å². The van der Waals surface area contributed by atoms with Crippen molar-refractivity contribution in [1.29, 1.82) is 0 Å². The Morgan fingerprint density at radius 1 is 1.56 bits per heavy atom. The van der Waals surface area contributed by atoms with Crippen LogP contribution in [-0.4, -0.2) is 13.0 Å². The van der Waals surface area contributed by atoms with Gasteiger partial charge in [0.05, 0.1) is 0 Å². The molecule has 0 heterocycles. The molecule has 0 amide bonds. The van der Waals surface area contributed by atoms with Gasteiger partial charge >= 0.3 is 96.8 Å². The Kier molecular flexibility index (Phi) is 7.75. The van der Waals surface area contributed by atoms with E-state index in [-0.39, 0.29) is 0 Å². The fourth-order valence-electron chi connectivity index (χ4n) is 0.234. The van der Waals surface area contributed by atoms with E-state index in [9.17, 15) is 0 Å². The number of rotatable bonds is 3. The van der Waals surface area contributed by atoms with Crippen LogP contribution in [0.2, 0.25) is 0 Å². The molecule has 0 radical (unpaired) electrons. The number of hydrogen-bond acceptors (Lipinski definition) is 2. The van der Waals surface area contributed by atoms with E-state index in [1.165, 1.54) is 0 Å². The summed E-state index contributed by atoms with van der Waals surface area (Å²) in [6.45, 7) is 2.19. The summed E-state index contributed by atoms with van der Waals surface area (Å²) < 4.78 is 6.49. The molecule has 2 atom stereocenters. The van der Waals surface area contributed by atoms with Gasteiger partial charge in [-0.1, -0.05) is 0 Å². The van der Waals surface area contributed by atoms with Gasteiger partial charge in [-0.25, -0.2) is 0 Å². The van der Waals surface area contributed by atoms with Crippen LogP contribution in [0.1, 0.15) is 6.92 Å². The average Bonchev–Trinajstić information content (AvgIpc) is 1.84. The fraction of sp³-hybridized carbons (Fsp3) is 1.00. The van der Waals surface area contributed by atoms with Gasteiger partial charge < -0.3 is 0 Å². The molecular weight excluding hydrogens is 477 g/mol. The van der Waals surface area contributed by atoms with E-state index < -0.39 is 18.8 Å². The minimum absolute atomic E-state index is 0.640. The van der Waals surface area contributed by atoms with Crippen molar-refractivity contribution >= 4 is 73.8 Å². The fourth-order valence-corrected chi connectivity index (χ4v) is 7.09. The van der Waals surface area contributed by atoms with Crippen molar-refractivity contribution in [2.75, 3.05) is 7.11 Å². The zero-order valence-corrected chi connectivity index (χ0v) is 12.5. The van der Waals surface area contributed by atoms with Crippen LogP contribution in [0, 0.1) is 0 Å². The third-order valence-electron chi connectivity index (χ3n) is 0.684. The Hall–Kier alpha value is 2.50. The van der Waals surface area contributed by atoms with E-state index in [1.807, 2.05) is 0 Å². The molecule has 0 rings (SSSR count). The minimum atomic E-state index is -1.32. The van der Waals surface area contributed by atoms with E-state index >= 15 is 0 Å². The van der Waals surface area contributed by atoms with Gasteiger partial charge in [-0.05, 0) is 0 Å². The molecule has 5 heteroatoms. The molecule has 0 aliphatic heterocycles. The van der Waals surface area contributed by atoms with Crippen molar-refractivity contribution in [2.45, 2.75) is 12.8 Å². The molecule has 9 heavy (non-hydrogen) atoms. The molecule has 0 aromatic rings. The summed E-state index contributed by atoms with van der Waals surface area (Å²) >= 11 is 3.51. The summed E-state index contributed by atoms with van der Waals surface area (Å²) in [5, 5.41) is 0. The first kappa shape index (κ1) is 11.5. The van der Waals surface area contributed by atoms with Gasteiger partial charge in [0, 0.05) is 0 Å². The van der Waals surface area contributed by atoms with Crippen LogP contribution in [0.4, 0.5) is 0 Å². The van der Waals surface area contributed by atoms with Crippen molar-refractivity contribution in [3.05, 3.63) is 0 Å². The van der Waals surface area contributed by atoms with Crippen LogP contribution in [0.25, 0.3) is 0 Å². The molecule has 0 aliphatic carbocycles. The van der Waals surface area contributed by atoms with Crippen molar-refractivity contribution in [3.63, 3.8) is 0 Å². The number of halogens is 3. The maximum absolute atomic E-state index is 5.18. The van der Waals surface area contributed by atoms with Gasteiger partial charge in [0.25, 0.3) is 0 Å². The predicted octanol–water partition coefficient (Wildman–Crippen LogP) is 3.48. The van der Waals surface area contributed by atoms with Crippen LogP contribution in [-0.2, 0) is 3.07 Å². The third kappa shape index (κ3) is 4.86. The number of hydrogen-bond donors (Lipinski definition) is 1. The molecule has 0 aromatic heterocycles. The summed E-state index contributed by atoms with van der Waals surface area (Å²) in [4.78, 5) is 0. The topological polar surface area (TPSA) is 9.23 Å². The summed E-state index contributed by atoms with van der Waals surface area (Å²) in [6.07, 6.45) is 0. The van der Waals surface area contributed by atoms with E-state index in [0.29, 0.717) is 5.86 Å². The standard InChI is InChI=1S/C4H9I3OS/c1-3(5)4(6)7(9)8-2/h3-4,9H,1-2H3. The van der Waals surface area contributed by atoms with Crippen molar-refractivity contribution in [3.8, 4) is 0 Å². The Labute approximate surface area is 95.1 Å². The number of thiol groups is 1. The first-order valence-electron chi connectivity index (χ1n) is 2.30. The Morgan fingerprint density at radius 3 is 2.11 bits per heavy atom. The van der Waals surface area contributed by atoms with Crippen LogP contribution in [0.3, 0.4) is 0 Å². The average molecular weight is 486 g/mol. The second kappa shape index (κ2) is 6.06. The molecule has 0 bridgehead atoms. The predicted molar refractivity (Wildman–Crippen MR) is 71.3 cm³/mol. The van der Waals surface area contributed by atoms with Gasteiger partial charge in [0.2, 0.25) is 0 Å². The summed E-state index contributed by atoms with van der Waals surface area (Å²) in [7, 11) is 6.14. The van der Waals surface area contributed by atoms with Gasteiger partial charge in [-0.3, -0.25) is 0 Å². The zero-order valence-electron chi connectivity index (χ0n) is 5.14. The molecule has 58 valence electrons. The molecule has 0 saturated carbocycles. The normalized spacial score (nSPS) is 19.0. The van der Waals surface area contributed by atoms with Crippen molar-refractivity contribution in [1.82, 2.24) is 0 Å². The monoisotopic (exact) mass is 486 g/mol. The molecule has 0 aromatic carbocycles. The molecular formula is C4H9I3OS. The van der Waals surface area contributed by atoms with Gasteiger partial charge in [-0.15, -0.1) is 0 Å². The molecule has 0 N–H and O–H groups in total.